The van der Waals surface area contributed by atoms with Crippen LogP contribution in [-0.2, 0) is 6.42 Å². The van der Waals surface area contributed by atoms with Crippen molar-refractivity contribution in [3.63, 3.8) is 0 Å². The maximum absolute atomic E-state index is 12.3. The highest BCUT2D eigenvalue weighted by Crippen LogP contribution is 2.42. The molecule has 138 valence electrons. The summed E-state index contributed by atoms with van der Waals surface area (Å²) in [6.07, 6.45) is 2.92. The Bertz CT molecular complexity index is 723. The molecule has 1 aromatic heterocycles. The summed E-state index contributed by atoms with van der Waals surface area (Å²) in [6, 6.07) is 5.79. The number of benzene rings is 1. The number of nitrogens with one attached hydrogen (secondary N) is 1. The van der Waals surface area contributed by atoms with Gasteiger partial charge in [0.2, 0.25) is 0 Å². The van der Waals surface area contributed by atoms with Gasteiger partial charge < -0.3 is 14.6 Å². The van der Waals surface area contributed by atoms with Crippen LogP contribution in [0, 0.1) is 5.92 Å². The van der Waals surface area contributed by atoms with E-state index >= 15 is 0 Å². The van der Waals surface area contributed by atoms with Gasteiger partial charge in [-0.1, -0.05) is 30.7 Å². The molecular formula is C19H28N2O2S2. The summed E-state index contributed by atoms with van der Waals surface area (Å²) >= 11 is 0. The van der Waals surface area contributed by atoms with Crippen molar-refractivity contribution in [3.05, 3.63) is 30.0 Å². The first kappa shape index (κ1) is 20.2. The fourth-order valence-corrected chi connectivity index (χ4v) is 4.32. The number of rotatable bonds is 7. The number of aromatic amines is 1. The average Bonchev–Trinajstić information content (AvgIpc) is 2.95. The van der Waals surface area contributed by atoms with Crippen LogP contribution in [0.1, 0.15) is 33.3 Å². The van der Waals surface area contributed by atoms with E-state index in [1.807, 2.05) is 24.4 Å². The number of H-pyrrole nitrogens is 1. The number of carbonyl (C=O) groups is 1. The molecule has 0 saturated carbocycles. The molecule has 0 atom stereocenters. The number of aromatic nitrogens is 1. The summed E-state index contributed by atoms with van der Waals surface area (Å²) in [5, 5.41) is 0.734. The highest BCUT2D eigenvalue weighted by molar-refractivity contribution is 8.82. The van der Waals surface area contributed by atoms with E-state index in [2.05, 4.69) is 51.7 Å². The number of hydrogen-bond acceptors (Lipinski definition) is 5. The van der Waals surface area contributed by atoms with Crippen molar-refractivity contribution < 1.29 is 9.53 Å². The molecule has 1 heterocycles. The fourth-order valence-electron chi connectivity index (χ4n) is 2.19. The van der Waals surface area contributed by atoms with Crippen LogP contribution in [0.15, 0.2) is 24.4 Å². The predicted octanol–water partition coefficient (Wildman–Crippen LogP) is 5.59. The molecule has 0 aliphatic heterocycles. The van der Waals surface area contributed by atoms with Crippen LogP contribution in [0.25, 0.3) is 10.9 Å². The van der Waals surface area contributed by atoms with Crippen LogP contribution in [0.3, 0.4) is 0 Å². The van der Waals surface area contributed by atoms with E-state index in [-0.39, 0.29) is 10.0 Å². The number of nitrogens with zero attached hydrogens (tertiary/aromatic N) is 1. The minimum absolute atomic E-state index is 0.0145. The molecule has 0 aliphatic carbocycles. The van der Waals surface area contributed by atoms with E-state index in [1.54, 1.807) is 10.8 Å². The van der Waals surface area contributed by atoms with Gasteiger partial charge in [-0.05, 0) is 58.0 Å². The maximum atomic E-state index is 12.3. The Kier molecular flexibility index (Phi) is 6.88. The molecular weight excluding hydrogens is 352 g/mol. The zero-order chi connectivity index (χ0) is 18.6. The van der Waals surface area contributed by atoms with Crippen molar-refractivity contribution in [1.82, 2.24) is 9.88 Å². The third kappa shape index (κ3) is 5.43. The smallest absolute Gasteiger partial charge is 0.383 e. The van der Waals surface area contributed by atoms with E-state index in [0.29, 0.717) is 11.7 Å². The molecule has 0 radical (unpaired) electrons. The van der Waals surface area contributed by atoms with Gasteiger partial charge in [0.05, 0.1) is 0 Å². The first-order valence-electron chi connectivity index (χ1n) is 8.52. The van der Waals surface area contributed by atoms with Crippen LogP contribution in [-0.4, -0.2) is 40.6 Å². The predicted molar refractivity (Wildman–Crippen MR) is 111 cm³/mol. The Balaban J connectivity index is 2.12. The van der Waals surface area contributed by atoms with Crippen LogP contribution >= 0.6 is 21.6 Å². The normalized spacial score (nSPS) is 12.3. The van der Waals surface area contributed by atoms with Gasteiger partial charge in [-0.25, -0.2) is 4.79 Å². The Morgan fingerprint density at radius 1 is 1.32 bits per heavy atom. The second kappa shape index (κ2) is 8.52. The standard InChI is InChI=1S/C19H28N2O2S2/c1-13(2)19(3,4)25-24-18(22)23-16-9-7-8-15-17(16)14(12-20-15)10-11-21(5)6/h7-9,12-13,20H,10-11H2,1-6H3. The van der Waals surface area contributed by atoms with Crippen LogP contribution in [0.2, 0.25) is 0 Å². The van der Waals surface area contributed by atoms with E-state index in [4.69, 9.17) is 4.74 Å². The minimum Gasteiger partial charge on any atom is -0.417 e. The molecule has 6 heteroatoms. The van der Waals surface area contributed by atoms with Crippen molar-refractivity contribution in [2.75, 3.05) is 20.6 Å². The third-order valence-corrected chi connectivity index (χ3v) is 7.64. The molecule has 1 aromatic carbocycles. The summed E-state index contributed by atoms with van der Waals surface area (Å²) in [5.41, 5.74) is 2.17. The quantitative estimate of drug-likeness (QED) is 0.501. The van der Waals surface area contributed by atoms with Crippen molar-refractivity contribution in [2.24, 2.45) is 5.92 Å². The van der Waals surface area contributed by atoms with Gasteiger partial charge in [0.1, 0.15) is 5.75 Å². The van der Waals surface area contributed by atoms with Crippen LogP contribution in [0.4, 0.5) is 4.79 Å². The molecule has 0 spiro atoms. The Labute approximate surface area is 158 Å². The van der Waals surface area contributed by atoms with Gasteiger partial charge in [0.25, 0.3) is 0 Å². The van der Waals surface area contributed by atoms with Gasteiger partial charge in [0.15, 0.2) is 0 Å². The zero-order valence-corrected chi connectivity index (χ0v) is 17.5. The molecule has 0 amide bonds. The zero-order valence-electron chi connectivity index (χ0n) is 15.9. The molecule has 1 N–H and O–H groups in total. The van der Waals surface area contributed by atoms with E-state index < -0.39 is 0 Å². The van der Waals surface area contributed by atoms with Gasteiger partial charge in [0, 0.05) is 39.2 Å². The van der Waals surface area contributed by atoms with E-state index in [0.717, 1.165) is 23.9 Å². The van der Waals surface area contributed by atoms with Crippen LogP contribution < -0.4 is 4.74 Å². The first-order chi connectivity index (χ1) is 11.7. The second-order valence-corrected chi connectivity index (χ2v) is 10.0. The summed E-state index contributed by atoms with van der Waals surface area (Å²) in [4.78, 5) is 17.7. The lowest BCUT2D eigenvalue weighted by Gasteiger charge is -2.26. The molecule has 2 aromatic rings. The highest BCUT2D eigenvalue weighted by atomic mass is 33.1. The topological polar surface area (TPSA) is 45.3 Å². The van der Waals surface area contributed by atoms with Crippen molar-refractivity contribution in [3.8, 4) is 5.75 Å². The monoisotopic (exact) mass is 380 g/mol. The number of likely N-dealkylation sites (N-methyl/N-ethyl adjacent to an activating group) is 1. The molecule has 0 bridgehead atoms. The molecule has 4 nitrogen and oxygen atoms in total. The van der Waals surface area contributed by atoms with Crippen molar-refractivity contribution in [2.45, 2.75) is 38.9 Å². The number of carbonyl (C=O) groups excluding carboxylic acids is 1. The van der Waals surface area contributed by atoms with E-state index in [9.17, 15) is 4.79 Å². The van der Waals surface area contributed by atoms with Gasteiger partial charge in [-0.3, -0.25) is 0 Å². The molecule has 0 saturated heterocycles. The van der Waals surface area contributed by atoms with Crippen molar-refractivity contribution in [1.29, 1.82) is 0 Å². The Morgan fingerprint density at radius 3 is 2.68 bits per heavy atom. The number of ether oxygens (including phenoxy) is 1. The number of fused-ring (bicyclic) bond motifs is 1. The second-order valence-electron chi connectivity index (χ2n) is 7.32. The molecule has 25 heavy (non-hydrogen) atoms. The SMILES string of the molecule is CC(C)C(C)(C)SSC(=O)Oc1cccc2[nH]cc(CCN(C)C)c12. The Hall–Kier alpha value is -1.11. The Morgan fingerprint density at radius 2 is 2.04 bits per heavy atom. The van der Waals surface area contributed by atoms with Gasteiger partial charge in [-0.2, -0.15) is 0 Å². The lowest BCUT2D eigenvalue weighted by Crippen LogP contribution is -2.21. The minimum atomic E-state index is -0.272. The summed E-state index contributed by atoms with van der Waals surface area (Å²) < 4.78 is 5.69. The summed E-state index contributed by atoms with van der Waals surface area (Å²) in [7, 11) is 6.86. The molecule has 0 aliphatic rings. The number of hydrogen-bond donors (Lipinski definition) is 1. The summed E-state index contributed by atoms with van der Waals surface area (Å²) in [5.74, 6) is 1.11. The van der Waals surface area contributed by atoms with Gasteiger partial charge >= 0.3 is 5.30 Å². The van der Waals surface area contributed by atoms with E-state index in [1.165, 1.54) is 16.4 Å². The highest BCUT2D eigenvalue weighted by Gasteiger charge is 2.25. The average molecular weight is 381 g/mol. The molecule has 0 unspecified atom stereocenters. The molecule has 2 rings (SSSR count). The van der Waals surface area contributed by atoms with Crippen molar-refractivity contribution >= 4 is 37.8 Å². The third-order valence-electron chi connectivity index (χ3n) is 4.49. The lowest BCUT2D eigenvalue weighted by atomic mass is 10.00. The lowest BCUT2D eigenvalue weighted by molar-refractivity contribution is 0.228. The van der Waals surface area contributed by atoms with Gasteiger partial charge in [-0.15, -0.1) is 0 Å². The largest absolute Gasteiger partial charge is 0.417 e. The maximum Gasteiger partial charge on any atom is 0.383 e. The van der Waals surface area contributed by atoms with Crippen LogP contribution in [0.5, 0.6) is 5.75 Å². The summed E-state index contributed by atoms with van der Waals surface area (Å²) in [6.45, 7) is 9.57. The molecule has 0 fully saturated rings. The first-order valence-corrected chi connectivity index (χ1v) is 10.7. The fraction of sp³-hybridized carbons (Fsp3) is 0.526.